The van der Waals surface area contributed by atoms with Crippen LogP contribution in [0.3, 0.4) is 0 Å². The molecule has 0 spiro atoms. The fraction of sp³-hybridized carbons (Fsp3) is 0.267. The van der Waals surface area contributed by atoms with Gasteiger partial charge in [0.1, 0.15) is 11.6 Å². The van der Waals surface area contributed by atoms with Crippen molar-refractivity contribution in [1.29, 1.82) is 0 Å². The van der Waals surface area contributed by atoms with Gasteiger partial charge in [-0.1, -0.05) is 6.07 Å². The van der Waals surface area contributed by atoms with Gasteiger partial charge in [-0.15, -0.1) is 0 Å². The molecule has 1 saturated heterocycles. The molecule has 1 N–H and O–H groups in total. The van der Waals surface area contributed by atoms with E-state index in [2.05, 4.69) is 20.2 Å². The number of pyridine rings is 2. The Balaban J connectivity index is 1.69. The second kappa shape index (κ2) is 5.69. The topological polar surface area (TPSA) is 58.1 Å². The number of rotatable bonds is 3. The van der Waals surface area contributed by atoms with Gasteiger partial charge in [-0.2, -0.15) is 0 Å². The van der Waals surface area contributed by atoms with Crippen molar-refractivity contribution >= 4 is 17.5 Å². The lowest BCUT2D eigenvalue weighted by Crippen LogP contribution is -2.19. The van der Waals surface area contributed by atoms with Crippen LogP contribution in [0.5, 0.6) is 0 Å². The van der Waals surface area contributed by atoms with Gasteiger partial charge in [-0.3, -0.25) is 4.79 Å². The van der Waals surface area contributed by atoms with Gasteiger partial charge in [-0.25, -0.2) is 9.97 Å². The summed E-state index contributed by atoms with van der Waals surface area (Å²) in [6.45, 7) is 2.10. The highest BCUT2D eigenvalue weighted by Gasteiger charge is 2.14. The highest BCUT2D eigenvalue weighted by molar-refractivity contribution is 6.03. The van der Waals surface area contributed by atoms with Crippen molar-refractivity contribution in [1.82, 2.24) is 9.97 Å². The molecule has 0 aromatic carbocycles. The number of hydrogen-bond donors (Lipinski definition) is 1. The molecule has 1 amide bonds. The summed E-state index contributed by atoms with van der Waals surface area (Å²) in [5.74, 6) is 1.29. The Morgan fingerprint density at radius 1 is 1.10 bits per heavy atom. The standard InChI is InChI=1S/C15H16N4O/c20-15(18-13-5-1-2-8-16-13)12-6-7-14(17-11-12)19-9-3-4-10-19/h1-2,5-8,11H,3-4,9-10H2,(H,16,18,20). The number of carbonyl (C=O) groups excluding carboxylic acids is 1. The molecule has 1 aliphatic rings. The van der Waals surface area contributed by atoms with Gasteiger partial charge in [0.05, 0.1) is 5.56 Å². The first kappa shape index (κ1) is 12.6. The molecule has 0 atom stereocenters. The van der Waals surface area contributed by atoms with Gasteiger partial charge >= 0.3 is 0 Å². The lowest BCUT2D eigenvalue weighted by atomic mass is 10.2. The molecule has 5 nitrogen and oxygen atoms in total. The summed E-state index contributed by atoms with van der Waals surface area (Å²) < 4.78 is 0. The van der Waals surface area contributed by atoms with Crippen LogP contribution < -0.4 is 10.2 Å². The first-order valence-corrected chi connectivity index (χ1v) is 6.76. The first-order valence-electron chi connectivity index (χ1n) is 6.76. The van der Waals surface area contributed by atoms with Crippen molar-refractivity contribution in [3.05, 3.63) is 48.3 Å². The van der Waals surface area contributed by atoms with Crippen LogP contribution in [-0.4, -0.2) is 29.0 Å². The minimum atomic E-state index is -0.191. The molecule has 5 heteroatoms. The zero-order valence-electron chi connectivity index (χ0n) is 11.1. The zero-order valence-corrected chi connectivity index (χ0v) is 11.1. The van der Waals surface area contributed by atoms with Crippen LogP contribution >= 0.6 is 0 Å². The van der Waals surface area contributed by atoms with E-state index < -0.39 is 0 Å². The Kier molecular flexibility index (Phi) is 3.58. The largest absolute Gasteiger partial charge is 0.357 e. The molecular formula is C15H16N4O. The Labute approximate surface area is 117 Å². The summed E-state index contributed by atoms with van der Waals surface area (Å²) >= 11 is 0. The summed E-state index contributed by atoms with van der Waals surface area (Å²) in [6.07, 6.45) is 5.68. The fourth-order valence-electron chi connectivity index (χ4n) is 2.28. The van der Waals surface area contributed by atoms with Crippen molar-refractivity contribution in [3.63, 3.8) is 0 Å². The molecule has 2 aromatic rings. The quantitative estimate of drug-likeness (QED) is 0.928. The van der Waals surface area contributed by atoms with Crippen LogP contribution in [-0.2, 0) is 0 Å². The van der Waals surface area contributed by atoms with E-state index in [9.17, 15) is 4.79 Å². The maximum atomic E-state index is 12.0. The molecule has 20 heavy (non-hydrogen) atoms. The average molecular weight is 268 g/mol. The number of carbonyl (C=O) groups is 1. The minimum Gasteiger partial charge on any atom is -0.357 e. The molecule has 3 rings (SSSR count). The Bertz CT molecular complexity index is 577. The molecule has 0 unspecified atom stereocenters. The van der Waals surface area contributed by atoms with Gasteiger partial charge < -0.3 is 10.2 Å². The molecule has 0 saturated carbocycles. The van der Waals surface area contributed by atoms with Gasteiger partial charge in [0.15, 0.2) is 0 Å². The van der Waals surface area contributed by atoms with Gasteiger partial charge in [-0.05, 0) is 37.1 Å². The number of aromatic nitrogens is 2. The van der Waals surface area contributed by atoms with E-state index in [4.69, 9.17) is 0 Å². The fourth-order valence-corrected chi connectivity index (χ4v) is 2.28. The number of nitrogens with zero attached hydrogens (tertiary/aromatic N) is 3. The van der Waals surface area contributed by atoms with E-state index in [0.29, 0.717) is 11.4 Å². The van der Waals surface area contributed by atoms with Gasteiger partial charge in [0.25, 0.3) is 5.91 Å². The summed E-state index contributed by atoms with van der Waals surface area (Å²) in [5.41, 5.74) is 0.540. The van der Waals surface area contributed by atoms with Crippen molar-refractivity contribution in [3.8, 4) is 0 Å². The summed E-state index contributed by atoms with van der Waals surface area (Å²) in [6, 6.07) is 9.10. The Morgan fingerprint density at radius 3 is 2.60 bits per heavy atom. The van der Waals surface area contributed by atoms with E-state index in [1.807, 2.05) is 18.2 Å². The maximum absolute atomic E-state index is 12.0. The lowest BCUT2D eigenvalue weighted by molar-refractivity contribution is 0.102. The van der Waals surface area contributed by atoms with E-state index in [1.165, 1.54) is 12.8 Å². The maximum Gasteiger partial charge on any atom is 0.258 e. The van der Waals surface area contributed by atoms with Crippen molar-refractivity contribution in [2.24, 2.45) is 0 Å². The smallest absolute Gasteiger partial charge is 0.258 e. The van der Waals surface area contributed by atoms with Crippen molar-refractivity contribution < 1.29 is 4.79 Å². The van der Waals surface area contributed by atoms with Crippen LogP contribution in [0.2, 0.25) is 0 Å². The monoisotopic (exact) mass is 268 g/mol. The molecule has 102 valence electrons. The normalized spacial score (nSPS) is 14.3. The molecule has 1 fully saturated rings. The second-order valence-corrected chi connectivity index (χ2v) is 4.77. The number of hydrogen-bond acceptors (Lipinski definition) is 4. The summed E-state index contributed by atoms with van der Waals surface area (Å²) in [7, 11) is 0. The van der Waals surface area contributed by atoms with E-state index in [1.54, 1.807) is 24.5 Å². The highest BCUT2D eigenvalue weighted by Crippen LogP contribution is 2.17. The minimum absolute atomic E-state index is 0.191. The number of anilines is 2. The van der Waals surface area contributed by atoms with E-state index >= 15 is 0 Å². The van der Waals surface area contributed by atoms with Crippen molar-refractivity contribution in [2.45, 2.75) is 12.8 Å². The van der Waals surface area contributed by atoms with Crippen molar-refractivity contribution in [2.75, 3.05) is 23.3 Å². The second-order valence-electron chi connectivity index (χ2n) is 4.77. The highest BCUT2D eigenvalue weighted by atomic mass is 16.1. The molecule has 3 heterocycles. The van der Waals surface area contributed by atoms with Gasteiger partial charge in [0.2, 0.25) is 0 Å². The van der Waals surface area contributed by atoms with Crippen LogP contribution in [0, 0.1) is 0 Å². The number of nitrogens with one attached hydrogen (secondary N) is 1. The molecule has 0 radical (unpaired) electrons. The molecule has 0 aliphatic carbocycles. The van der Waals surface area contributed by atoms with Gasteiger partial charge in [0, 0.05) is 25.5 Å². The third-order valence-corrected chi connectivity index (χ3v) is 3.35. The van der Waals surface area contributed by atoms with E-state index in [0.717, 1.165) is 18.9 Å². The Hall–Kier alpha value is -2.43. The third-order valence-electron chi connectivity index (χ3n) is 3.35. The van der Waals surface area contributed by atoms with Crippen LogP contribution in [0.15, 0.2) is 42.7 Å². The predicted octanol–water partition coefficient (Wildman–Crippen LogP) is 2.33. The predicted molar refractivity (Wildman–Crippen MR) is 77.9 cm³/mol. The molecular weight excluding hydrogens is 252 g/mol. The molecule has 0 bridgehead atoms. The molecule has 1 aliphatic heterocycles. The van der Waals surface area contributed by atoms with E-state index in [-0.39, 0.29) is 5.91 Å². The first-order chi connectivity index (χ1) is 9.83. The third kappa shape index (κ3) is 2.77. The Morgan fingerprint density at radius 2 is 1.95 bits per heavy atom. The average Bonchev–Trinajstić information content (AvgIpc) is 3.03. The summed E-state index contributed by atoms with van der Waals surface area (Å²) in [4.78, 5) is 22.7. The SMILES string of the molecule is O=C(Nc1ccccn1)c1ccc(N2CCCC2)nc1. The van der Waals surface area contributed by atoms with Crippen LogP contribution in [0.1, 0.15) is 23.2 Å². The summed E-state index contributed by atoms with van der Waals surface area (Å²) in [5, 5.41) is 2.74. The molecule has 2 aromatic heterocycles. The lowest BCUT2D eigenvalue weighted by Gasteiger charge is -2.16. The zero-order chi connectivity index (χ0) is 13.8. The number of amides is 1. The van der Waals surface area contributed by atoms with Crippen LogP contribution in [0.4, 0.5) is 11.6 Å². The van der Waals surface area contributed by atoms with Crippen LogP contribution in [0.25, 0.3) is 0 Å².